The van der Waals surface area contributed by atoms with Crippen molar-refractivity contribution in [2.45, 2.75) is 39.3 Å². The number of hydrogen-bond acceptors (Lipinski definition) is 5. The minimum Gasteiger partial charge on any atom is -0.444 e. The maximum absolute atomic E-state index is 12.9. The van der Waals surface area contributed by atoms with Crippen molar-refractivity contribution in [2.24, 2.45) is 0 Å². The molecule has 2 amide bonds. The number of rotatable bonds is 2. The molecule has 150 valence electrons. The molecule has 0 saturated carbocycles. The highest BCUT2D eigenvalue weighted by atomic mass is 16.6. The van der Waals surface area contributed by atoms with Gasteiger partial charge in [0.15, 0.2) is 5.69 Å². The summed E-state index contributed by atoms with van der Waals surface area (Å²) in [5, 5.41) is 11.0. The van der Waals surface area contributed by atoms with Crippen LogP contribution in [0.2, 0.25) is 0 Å². The summed E-state index contributed by atoms with van der Waals surface area (Å²) in [7, 11) is 0. The van der Waals surface area contributed by atoms with Crippen LogP contribution in [-0.4, -0.2) is 44.2 Å². The third-order valence-electron chi connectivity index (χ3n) is 4.68. The number of carbonyl (C=O) groups excluding carboxylic acids is 2. The number of carbonyl (C=O) groups is 2. The number of benzene rings is 1. The predicted octanol–water partition coefficient (Wildman–Crippen LogP) is 3.50. The molecule has 1 aliphatic rings. The Balaban J connectivity index is 1.56. The van der Waals surface area contributed by atoms with Gasteiger partial charge in [-0.1, -0.05) is 18.2 Å². The molecule has 3 aromatic rings. The summed E-state index contributed by atoms with van der Waals surface area (Å²) in [6, 6.07) is 9.40. The number of aromatic amines is 1. The van der Waals surface area contributed by atoms with Crippen LogP contribution in [0.5, 0.6) is 0 Å². The Labute approximate surface area is 168 Å². The first-order chi connectivity index (χ1) is 13.8. The van der Waals surface area contributed by atoms with E-state index in [0.717, 1.165) is 11.1 Å². The zero-order valence-corrected chi connectivity index (χ0v) is 16.7. The van der Waals surface area contributed by atoms with Crippen LogP contribution in [0.3, 0.4) is 0 Å². The van der Waals surface area contributed by atoms with Crippen LogP contribution < -0.4 is 5.32 Å². The van der Waals surface area contributed by atoms with Gasteiger partial charge in [0.25, 0.3) is 5.91 Å². The van der Waals surface area contributed by atoms with Crippen LogP contribution in [0.15, 0.2) is 36.5 Å². The molecule has 29 heavy (non-hydrogen) atoms. The lowest BCUT2D eigenvalue weighted by Crippen LogP contribution is -2.40. The summed E-state index contributed by atoms with van der Waals surface area (Å²) in [6.45, 7) is 6.27. The lowest BCUT2D eigenvalue weighted by molar-refractivity contribution is 0.0222. The monoisotopic (exact) mass is 393 g/mol. The zero-order valence-electron chi connectivity index (χ0n) is 16.7. The van der Waals surface area contributed by atoms with E-state index in [2.05, 4.69) is 20.5 Å². The molecular formula is C21H23N5O3. The van der Waals surface area contributed by atoms with Gasteiger partial charge in [-0.15, -0.1) is 0 Å². The molecule has 0 bridgehead atoms. The number of fused-ring (bicyclic) bond motifs is 2. The van der Waals surface area contributed by atoms with Gasteiger partial charge >= 0.3 is 6.09 Å². The molecule has 4 rings (SSSR count). The Morgan fingerprint density at radius 1 is 1.21 bits per heavy atom. The molecule has 1 aromatic carbocycles. The molecule has 8 heteroatoms. The second-order valence-corrected chi connectivity index (χ2v) is 8.02. The van der Waals surface area contributed by atoms with Crippen molar-refractivity contribution in [3.05, 3.63) is 53.5 Å². The highest BCUT2D eigenvalue weighted by molar-refractivity contribution is 6.08. The Kier molecular flexibility index (Phi) is 4.70. The average Bonchev–Trinajstić information content (AvgIpc) is 3.10. The molecule has 8 nitrogen and oxygen atoms in total. The summed E-state index contributed by atoms with van der Waals surface area (Å²) in [5.41, 5.74) is 2.61. The molecule has 0 fully saturated rings. The van der Waals surface area contributed by atoms with E-state index >= 15 is 0 Å². The van der Waals surface area contributed by atoms with Gasteiger partial charge in [-0.3, -0.25) is 14.9 Å². The minimum atomic E-state index is -0.574. The summed E-state index contributed by atoms with van der Waals surface area (Å²) < 4.78 is 5.46. The van der Waals surface area contributed by atoms with Gasteiger partial charge in [0.2, 0.25) is 0 Å². The third-order valence-corrected chi connectivity index (χ3v) is 4.68. The van der Waals surface area contributed by atoms with Gasteiger partial charge in [-0.25, -0.2) is 4.79 Å². The lowest BCUT2D eigenvalue weighted by atomic mass is 10.1. The van der Waals surface area contributed by atoms with Crippen molar-refractivity contribution >= 4 is 28.6 Å². The third kappa shape index (κ3) is 3.91. The normalized spacial score (nSPS) is 13.8. The standard InChI is InChI=1S/C21H23N5O3/c1-21(2,3)29-20(28)26-11-9-15-14(12-26)18(25-24-15)19(27)23-16-8-4-6-13-7-5-10-22-17(13)16/h4-8,10H,9,11-12H2,1-3H3,(H,23,27)(H,24,25). The number of amides is 2. The molecule has 0 spiro atoms. The highest BCUT2D eigenvalue weighted by Crippen LogP contribution is 2.25. The number of nitrogens with one attached hydrogen (secondary N) is 2. The molecule has 0 radical (unpaired) electrons. The fourth-order valence-electron chi connectivity index (χ4n) is 3.35. The molecule has 0 unspecified atom stereocenters. The van der Waals surface area contributed by atoms with E-state index in [1.54, 1.807) is 17.2 Å². The van der Waals surface area contributed by atoms with Gasteiger partial charge < -0.3 is 15.0 Å². The van der Waals surface area contributed by atoms with Gasteiger partial charge in [-0.05, 0) is 32.9 Å². The van der Waals surface area contributed by atoms with Gasteiger partial charge in [0.1, 0.15) is 5.60 Å². The summed E-state index contributed by atoms with van der Waals surface area (Å²) in [4.78, 5) is 31.3. The number of ether oxygens (including phenoxy) is 1. The van der Waals surface area contributed by atoms with E-state index in [4.69, 9.17) is 4.74 Å². The van der Waals surface area contributed by atoms with E-state index in [9.17, 15) is 9.59 Å². The number of pyridine rings is 1. The SMILES string of the molecule is CC(C)(C)OC(=O)N1CCc2[nH]nc(C(=O)Nc3cccc4cccnc34)c2C1. The van der Waals surface area contributed by atoms with Crippen LogP contribution in [0.1, 0.15) is 42.5 Å². The number of H-pyrrole nitrogens is 1. The van der Waals surface area contributed by atoms with Crippen LogP contribution in [0, 0.1) is 0 Å². The molecular weight excluding hydrogens is 370 g/mol. The van der Waals surface area contributed by atoms with E-state index in [0.29, 0.717) is 29.7 Å². The van der Waals surface area contributed by atoms with E-state index in [1.165, 1.54) is 0 Å². The van der Waals surface area contributed by atoms with Crippen molar-refractivity contribution in [2.75, 3.05) is 11.9 Å². The number of anilines is 1. The fraction of sp³-hybridized carbons (Fsp3) is 0.333. The van der Waals surface area contributed by atoms with E-state index in [1.807, 2.05) is 45.0 Å². The number of para-hydroxylation sites is 1. The molecule has 0 saturated heterocycles. The Morgan fingerprint density at radius 3 is 2.79 bits per heavy atom. The van der Waals surface area contributed by atoms with Crippen LogP contribution in [0.4, 0.5) is 10.5 Å². The van der Waals surface area contributed by atoms with Crippen molar-refractivity contribution in [3.63, 3.8) is 0 Å². The van der Waals surface area contributed by atoms with Gasteiger partial charge in [0.05, 0.1) is 17.7 Å². The zero-order chi connectivity index (χ0) is 20.6. The number of nitrogens with zero attached hydrogens (tertiary/aromatic N) is 3. The van der Waals surface area contributed by atoms with Gasteiger partial charge in [-0.2, -0.15) is 5.10 Å². The van der Waals surface area contributed by atoms with Crippen molar-refractivity contribution in [1.29, 1.82) is 0 Å². The minimum absolute atomic E-state index is 0.275. The first-order valence-corrected chi connectivity index (χ1v) is 9.51. The second kappa shape index (κ2) is 7.20. The second-order valence-electron chi connectivity index (χ2n) is 8.02. The summed E-state index contributed by atoms with van der Waals surface area (Å²) in [6.07, 6.45) is 1.88. The fourth-order valence-corrected chi connectivity index (χ4v) is 3.35. The van der Waals surface area contributed by atoms with Crippen LogP contribution >= 0.6 is 0 Å². The van der Waals surface area contributed by atoms with Crippen LogP contribution in [0.25, 0.3) is 10.9 Å². The maximum Gasteiger partial charge on any atom is 0.410 e. The Bertz CT molecular complexity index is 1080. The number of aromatic nitrogens is 3. The lowest BCUT2D eigenvalue weighted by Gasteiger charge is -2.30. The maximum atomic E-state index is 12.9. The van der Waals surface area contributed by atoms with E-state index < -0.39 is 11.7 Å². The largest absolute Gasteiger partial charge is 0.444 e. The van der Waals surface area contributed by atoms with Crippen molar-refractivity contribution in [3.8, 4) is 0 Å². The van der Waals surface area contributed by atoms with Crippen LogP contribution in [-0.2, 0) is 17.7 Å². The Morgan fingerprint density at radius 2 is 2.00 bits per heavy atom. The Hall–Kier alpha value is -3.42. The topological polar surface area (TPSA) is 100 Å². The summed E-state index contributed by atoms with van der Waals surface area (Å²) in [5.74, 6) is -0.341. The van der Waals surface area contributed by atoms with Gasteiger partial charge in [0, 0.05) is 35.8 Å². The average molecular weight is 393 g/mol. The molecule has 3 heterocycles. The summed E-state index contributed by atoms with van der Waals surface area (Å²) >= 11 is 0. The quantitative estimate of drug-likeness (QED) is 0.694. The molecule has 0 atom stereocenters. The smallest absolute Gasteiger partial charge is 0.410 e. The molecule has 1 aliphatic heterocycles. The predicted molar refractivity (Wildman–Crippen MR) is 109 cm³/mol. The first-order valence-electron chi connectivity index (χ1n) is 9.51. The molecule has 2 aromatic heterocycles. The number of hydrogen-bond donors (Lipinski definition) is 2. The molecule has 0 aliphatic carbocycles. The van der Waals surface area contributed by atoms with Crippen molar-refractivity contribution < 1.29 is 14.3 Å². The molecule has 2 N–H and O–H groups in total. The first kappa shape index (κ1) is 18.9. The van der Waals surface area contributed by atoms with Crippen molar-refractivity contribution in [1.82, 2.24) is 20.1 Å². The highest BCUT2D eigenvalue weighted by Gasteiger charge is 2.30. The van der Waals surface area contributed by atoms with E-state index in [-0.39, 0.29) is 18.1 Å².